The van der Waals surface area contributed by atoms with Crippen LogP contribution in [-0.4, -0.2) is 21.6 Å². The molecule has 122 valence electrons. The number of ether oxygens (including phenoxy) is 1. The third-order valence-corrected chi connectivity index (χ3v) is 3.72. The van der Waals surface area contributed by atoms with Crippen molar-refractivity contribution >= 4 is 23.0 Å². The quantitative estimate of drug-likeness (QED) is 0.486. The van der Waals surface area contributed by atoms with E-state index in [1.807, 2.05) is 55.5 Å². The van der Waals surface area contributed by atoms with E-state index < -0.39 is 0 Å². The molecule has 4 nitrogen and oxygen atoms in total. The lowest BCUT2D eigenvalue weighted by atomic mass is 10.1. The number of aromatic nitrogens is 3. The molecule has 0 aliphatic rings. The van der Waals surface area contributed by atoms with Gasteiger partial charge in [-0.05, 0) is 36.6 Å². The molecule has 0 atom stereocenters. The van der Waals surface area contributed by atoms with Gasteiger partial charge in [0.2, 0.25) is 5.88 Å². The van der Waals surface area contributed by atoms with Crippen LogP contribution in [0.1, 0.15) is 25.8 Å². The van der Waals surface area contributed by atoms with Crippen LogP contribution in [0.25, 0.3) is 23.0 Å². The number of benzene rings is 2. The third kappa shape index (κ3) is 3.54. The van der Waals surface area contributed by atoms with Gasteiger partial charge >= 0.3 is 0 Å². The van der Waals surface area contributed by atoms with Crippen LogP contribution in [-0.2, 0) is 4.74 Å². The van der Waals surface area contributed by atoms with Gasteiger partial charge in [-0.2, -0.15) is 4.68 Å². The van der Waals surface area contributed by atoms with Gasteiger partial charge in [0.1, 0.15) is 5.52 Å². The Morgan fingerprint density at radius 3 is 2.54 bits per heavy atom. The molecule has 3 aromatic rings. The minimum Gasteiger partial charge on any atom is -0.478 e. The minimum absolute atomic E-state index is 0.572. The summed E-state index contributed by atoms with van der Waals surface area (Å²) in [6, 6.07) is 18.2. The van der Waals surface area contributed by atoms with E-state index in [0.29, 0.717) is 12.5 Å². The van der Waals surface area contributed by atoms with Crippen LogP contribution in [0.3, 0.4) is 0 Å². The van der Waals surface area contributed by atoms with Crippen LogP contribution < -0.4 is 0 Å². The first kappa shape index (κ1) is 16.0. The van der Waals surface area contributed by atoms with Gasteiger partial charge in [-0.3, -0.25) is 0 Å². The topological polar surface area (TPSA) is 39.9 Å². The Morgan fingerprint density at radius 1 is 1.04 bits per heavy atom. The van der Waals surface area contributed by atoms with Gasteiger partial charge in [-0.25, -0.2) is 0 Å². The molecule has 0 N–H and O–H groups in total. The summed E-state index contributed by atoms with van der Waals surface area (Å²) in [7, 11) is 0. The highest BCUT2D eigenvalue weighted by molar-refractivity contribution is 5.77. The largest absolute Gasteiger partial charge is 0.478 e. The fraction of sp³-hybridized carbons (Fsp3) is 0.200. The van der Waals surface area contributed by atoms with Crippen molar-refractivity contribution in [3.05, 3.63) is 71.8 Å². The molecule has 2 aromatic carbocycles. The lowest BCUT2D eigenvalue weighted by Crippen LogP contribution is -2.04. The zero-order valence-corrected chi connectivity index (χ0v) is 14.0. The molecule has 0 unspecified atom stereocenters. The number of fused-ring (bicyclic) bond motifs is 1. The molecule has 0 aliphatic carbocycles. The highest BCUT2D eigenvalue weighted by Gasteiger charge is 2.09. The van der Waals surface area contributed by atoms with E-state index in [4.69, 9.17) is 4.74 Å². The van der Waals surface area contributed by atoms with E-state index in [2.05, 4.69) is 35.4 Å². The van der Waals surface area contributed by atoms with Crippen molar-refractivity contribution in [2.75, 3.05) is 6.61 Å². The Balaban J connectivity index is 2.03. The molecule has 0 amide bonds. The Hall–Kier alpha value is -2.88. The van der Waals surface area contributed by atoms with E-state index >= 15 is 0 Å². The first-order valence-corrected chi connectivity index (χ1v) is 8.22. The smallest absolute Gasteiger partial charge is 0.216 e. The first-order valence-electron chi connectivity index (χ1n) is 8.22. The SMILES string of the molecule is CCOC(=CC(=Cc1ccccc1)CC)n1nnc2ccccc21. The second-order valence-corrected chi connectivity index (χ2v) is 5.39. The fourth-order valence-corrected chi connectivity index (χ4v) is 2.51. The predicted octanol–water partition coefficient (Wildman–Crippen LogP) is 4.76. The third-order valence-electron chi connectivity index (χ3n) is 3.72. The van der Waals surface area contributed by atoms with E-state index in [-0.39, 0.29) is 0 Å². The second-order valence-electron chi connectivity index (χ2n) is 5.39. The summed E-state index contributed by atoms with van der Waals surface area (Å²) in [6.07, 6.45) is 5.11. The van der Waals surface area contributed by atoms with E-state index in [9.17, 15) is 0 Å². The standard InChI is InChI=1S/C20H21N3O/c1-3-16(14-17-10-6-5-7-11-17)15-20(24-4-2)23-19-13-9-8-12-18(19)21-22-23/h5-15H,3-4H2,1-2H3. The van der Waals surface area contributed by atoms with Crippen LogP contribution in [0.15, 0.2) is 66.2 Å². The maximum Gasteiger partial charge on any atom is 0.216 e. The van der Waals surface area contributed by atoms with Crippen molar-refractivity contribution < 1.29 is 4.74 Å². The summed E-state index contributed by atoms with van der Waals surface area (Å²) in [5.74, 6) is 0.690. The molecule has 0 aliphatic heterocycles. The number of hydrogen-bond donors (Lipinski definition) is 0. The Bertz CT molecular complexity index is 863. The van der Waals surface area contributed by atoms with Gasteiger partial charge < -0.3 is 4.74 Å². The molecule has 0 bridgehead atoms. The summed E-state index contributed by atoms with van der Waals surface area (Å²) in [5, 5.41) is 8.47. The van der Waals surface area contributed by atoms with Gasteiger partial charge in [0.05, 0.1) is 12.1 Å². The van der Waals surface area contributed by atoms with Crippen molar-refractivity contribution in [1.82, 2.24) is 15.0 Å². The van der Waals surface area contributed by atoms with Gasteiger partial charge in [0.15, 0.2) is 0 Å². The zero-order valence-electron chi connectivity index (χ0n) is 14.0. The maximum atomic E-state index is 5.85. The number of allylic oxidation sites excluding steroid dienone is 2. The van der Waals surface area contributed by atoms with Gasteiger partial charge in [0, 0.05) is 6.08 Å². The highest BCUT2D eigenvalue weighted by atomic mass is 16.5. The molecular formula is C20H21N3O. The molecule has 3 rings (SSSR count). The summed E-state index contributed by atoms with van der Waals surface area (Å²) >= 11 is 0. The summed E-state index contributed by atoms with van der Waals surface area (Å²) < 4.78 is 7.60. The van der Waals surface area contributed by atoms with E-state index in [1.54, 1.807) is 4.68 Å². The van der Waals surface area contributed by atoms with Crippen molar-refractivity contribution in [2.24, 2.45) is 0 Å². The average Bonchev–Trinajstić information content (AvgIpc) is 3.05. The van der Waals surface area contributed by atoms with E-state index in [1.165, 1.54) is 11.1 Å². The van der Waals surface area contributed by atoms with Gasteiger partial charge in [0.25, 0.3) is 0 Å². The van der Waals surface area contributed by atoms with Crippen molar-refractivity contribution in [3.63, 3.8) is 0 Å². The molecule has 1 heterocycles. The number of hydrogen-bond acceptors (Lipinski definition) is 3. The predicted molar refractivity (Wildman–Crippen MR) is 98.1 cm³/mol. The van der Waals surface area contributed by atoms with Crippen molar-refractivity contribution in [3.8, 4) is 0 Å². The molecule has 0 saturated heterocycles. The highest BCUT2D eigenvalue weighted by Crippen LogP contribution is 2.19. The molecule has 4 heteroatoms. The Morgan fingerprint density at radius 2 is 1.79 bits per heavy atom. The average molecular weight is 319 g/mol. The minimum atomic E-state index is 0.572. The van der Waals surface area contributed by atoms with E-state index in [0.717, 1.165) is 17.5 Å². The first-order chi connectivity index (χ1) is 11.8. The van der Waals surface area contributed by atoms with Crippen molar-refractivity contribution in [2.45, 2.75) is 20.3 Å². The van der Waals surface area contributed by atoms with Crippen LogP contribution in [0.4, 0.5) is 0 Å². The molecule has 0 fully saturated rings. The second kappa shape index (κ2) is 7.59. The molecule has 0 radical (unpaired) electrons. The van der Waals surface area contributed by atoms with Crippen molar-refractivity contribution in [1.29, 1.82) is 0 Å². The zero-order chi connectivity index (χ0) is 16.8. The summed E-state index contributed by atoms with van der Waals surface area (Å²) in [5.41, 5.74) is 4.13. The number of rotatable bonds is 6. The van der Waals surface area contributed by atoms with Gasteiger partial charge in [-0.1, -0.05) is 60.7 Å². The molecule has 0 spiro atoms. The van der Waals surface area contributed by atoms with Crippen LogP contribution in [0.2, 0.25) is 0 Å². The number of para-hydroxylation sites is 1. The van der Waals surface area contributed by atoms with Crippen LogP contribution in [0, 0.1) is 0 Å². The normalized spacial score (nSPS) is 12.6. The molecule has 24 heavy (non-hydrogen) atoms. The summed E-state index contributed by atoms with van der Waals surface area (Å²) in [6.45, 7) is 4.68. The lowest BCUT2D eigenvalue weighted by molar-refractivity contribution is 0.272. The molecule has 1 aromatic heterocycles. The van der Waals surface area contributed by atoms with Crippen LogP contribution >= 0.6 is 0 Å². The maximum absolute atomic E-state index is 5.85. The molecule has 0 saturated carbocycles. The fourth-order valence-electron chi connectivity index (χ4n) is 2.51. The van der Waals surface area contributed by atoms with Gasteiger partial charge in [-0.15, -0.1) is 5.10 Å². The number of nitrogens with zero attached hydrogens (tertiary/aromatic N) is 3. The monoisotopic (exact) mass is 319 g/mol. The Labute approximate surface area is 142 Å². The Kier molecular flexibility index (Phi) is 5.06. The lowest BCUT2D eigenvalue weighted by Gasteiger charge is -2.10. The summed E-state index contributed by atoms with van der Waals surface area (Å²) in [4.78, 5) is 0. The molecular weight excluding hydrogens is 298 g/mol. The van der Waals surface area contributed by atoms with Crippen LogP contribution in [0.5, 0.6) is 0 Å².